The van der Waals surface area contributed by atoms with Gasteiger partial charge in [0.1, 0.15) is 0 Å². The van der Waals surface area contributed by atoms with Crippen molar-refractivity contribution in [2.75, 3.05) is 11.1 Å². The van der Waals surface area contributed by atoms with Crippen LogP contribution in [0.1, 0.15) is 5.56 Å². The van der Waals surface area contributed by atoms with Gasteiger partial charge in [-0.3, -0.25) is 4.79 Å². The molecule has 3 N–H and O–H groups in total. The Labute approximate surface area is 134 Å². The molecule has 102 valence electrons. The number of hydrogen-bond donors (Lipinski definition) is 2. The lowest BCUT2D eigenvalue weighted by molar-refractivity contribution is -0.111. The Bertz CT molecular complexity index is 648. The van der Waals surface area contributed by atoms with Gasteiger partial charge in [-0.25, -0.2) is 0 Å². The third-order valence-corrected chi connectivity index (χ3v) is 3.87. The molecule has 0 unspecified atom stereocenters. The molecule has 2 aromatic carbocycles. The number of hydrogen-bond acceptors (Lipinski definition) is 2. The minimum atomic E-state index is -0.208. The quantitative estimate of drug-likeness (QED) is 0.595. The lowest BCUT2D eigenvalue weighted by atomic mass is 10.2. The van der Waals surface area contributed by atoms with E-state index in [1.807, 2.05) is 30.3 Å². The second-order valence-corrected chi connectivity index (χ2v) is 5.80. The number of carbonyl (C=O) groups excluding carboxylic acids is 1. The number of benzene rings is 2. The monoisotopic (exact) mass is 394 g/mol. The van der Waals surface area contributed by atoms with Crippen molar-refractivity contribution in [1.29, 1.82) is 0 Å². The second kappa shape index (κ2) is 6.72. The van der Waals surface area contributed by atoms with E-state index in [0.717, 1.165) is 14.5 Å². The van der Waals surface area contributed by atoms with E-state index >= 15 is 0 Å². The van der Waals surface area contributed by atoms with Gasteiger partial charge in [0.15, 0.2) is 0 Å². The highest BCUT2D eigenvalue weighted by atomic mass is 79.9. The lowest BCUT2D eigenvalue weighted by Gasteiger charge is -2.07. The van der Waals surface area contributed by atoms with Crippen LogP contribution in [0.15, 0.2) is 57.5 Å². The molecule has 0 aliphatic rings. The fraction of sp³-hybridized carbons (Fsp3) is 0. The van der Waals surface area contributed by atoms with Crippen LogP contribution in [0.3, 0.4) is 0 Å². The molecule has 2 aromatic rings. The first-order valence-corrected chi connectivity index (χ1v) is 7.43. The van der Waals surface area contributed by atoms with E-state index in [9.17, 15) is 4.79 Å². The number of anilines is 2. The van der Waals surface area contributed by atoms with Crippen LogP contribution in [0, 0.1) is 0 Å². The summed E-state index contributed by atoms with van der Waals surface area (Å²) in [5.41, 5.74) is 7.93. The number of amides is 1. The van der Waals surface area contributed by atoms with E-state index in [2.05, 4.69) is 37.2 Å². The SMILES string of the molecule is Nc1cccc(/C=C/C(=O)Nc2c(Br)cccc2Br)c1. The Kier molecular flexibility index (Phi) is 4.98. The third-order valence-electron chi connectivity index (χ3n) is 2.55. The number of nitrogens with one attached hydrogen (secondary N) is 1. The predicted octanol–water partition coefficient (Wildman–Crippen LogP) is 4.45. The Morgan fingerprint density at radius 1 is 1.10 bits per heavy atom. The highest BCUT2D eigenvalue weighted by molar-refractivity contribution is 9.11. The Morgan fingerprint density at radius 2 is 1.75 bits per heavy atom. The minimum Gasteiger partial charge on any atom is -0.399 e. The zero-order valence-electron chi connectivity index (χ0n) is 10.4. The standard InChI is InChI=1S/C15H12Br2N2O/c16-12-5-2-6-13(17)15(12)19-14(20)8-7-10-3-1-4-11(18)9-10/h1-9H,18H2,(H,19,20)/b8-7+. The largest absolute Gasteiger partial charge is 0.399 e. The summed E-state index contributed by atoms with van der Waals surface area (Å²) in [5, 5.41) is 2.81. The minimum absolute atomic E-state index is 0.208. The van der Waals surface area contributed by atoms with E-state index in [1.165, 1.54) is 6.08 Å². The first kappa shape index (κ1) is 14.8. The Hall–Kier alpha value is -1.59. The number of nitrogen functional groups attached to an aromatic ring is 1. The summed E-state index contributed by atoms with van der Waals surface area (Å²) in [6.07, 6.45) is 3.19. The molecule has 2 rings (SSSR count). The molecule has 5 heteroatoms. The topological polar surface area (TPSA) is 55.1 Å². The second-order valence-electron chi connectivity index (χ2n) is 4.09. The Balaban J connectivity index is 2.10. The smallest absolute Gasteiger partial charge is 0.248 e. The maximum absolute atomic E-state index is 11.9. The van der Waals surface area contributed by atoms with E-state index < -0.39 is 0 Å². The zero-order valence-corrected chi connectivity index (χ0v) is 13.6. The van der Waals surface area contributed by atoms with E-state index in [0.29, 0.717) is 11.4 Å². The molecule has 0 aliphatic heterocycles. The van der Waals surface area contributed by atoms with Crippen molar-refractivity contribution >= 4 is 55.2 Å². The molecule has 3 nitrogen and oxygen atoms in total. The molecule has 0 heterocycles. The summed E-state index contributed by atoms with van der Waals surface area (Å²) >= 11 is 6.79. The Morgan fingerprint density at radius 3 is 2.40 bits per heavy atom. The van der Waals surface area contributed by atoms with Crippen LogP contribution >= 0.6 is 31.9 Å². The van der Waals surface area contributed by atoms with Crippen LogP contribution in [0.5, 0.6) is 0 Å². The number of carbonyl (C=O) groups is 1. The summed E-state index contributed by atoms with van der Waals surface area (Å²) in [5.74, 6) is -0.208. The van der Waals surface area contributed by atoms with Gasteiger partial charge in [-0.2, -0.15) is 0 Å². The molecule has 0 spiro atoms. The number of nitrogens with two attached hydrogens (primary N) is 1. The van der Waals surface area contributed by atoms with Gasteiger partial charge in [0.25, 0.3) is 0 Å². The average molecular weight is 396 g/mol. The van der Waals surface area contributed by atoms with Crippen LogP contribution in [-0.2, 0) is 4.79 Å². The molecule has 0 radical (unpaired) electrons. The van der Waals surface area contributed by atoms with Gasteiger partial charge in [-0.05, 0) is 67.8 Å². The molecule has 0 aliphatic carbocycles. The van der Waals surface area contributed by atoms with Crippen molar-refractivity contribution in [1.82, 2.24) is 0 Å². The average Bonchev–Trinajstić information content (AvgIpc) is 2.41. The van der Waals surface area contributed by atoms with Crippen LogP contribution in [0.25, 0.3) is 6.08 Å². The van der Waals surface area contributed by atoms with E-state index in [4.69, 9.17) is 5.73 Å². The number of rotatable bonds is 3. The van der Waals surface area contributed by atoms with Crippen LogP contribution in [0.4, 0.5) is 11.4 Å². The summed E-state index contributed by atoms with van der Waals surface area (Å²) in [6.45, 7) is 0. The molecule has 0 atom stereocenters. The molecule has 1 amide bonds. The van der Waals surface area contributed by atoms with Gasteiger partial charge in [0.05, 0.1) is 5.69 Å². The van der Waals surface area contributed by atoms with Crippen molar-refractivity contribution in [2.24, 2.45) is 0 Å². The van der Waals surface area contributed by atoms with Crippen molar-refractivity contribution in [2.45, 2.75) is 0 Å². The van der Waals surface area contributed by atoms with Gasteiger partial charge in [-0.15, -0.1) is 0 Å². The highest BCUT2D eigenvalue weighted by Crippen LogP contribution is 2.30. The number of para-hydroxylation sites is 1. The maximum atomic E-state index is 11.9. The lowest BCUT2D eigenvalue weighted by Crippen LogP contribution is -2.08. The molecule has 0 bridgehead atoms. The van der Waals surface area contributed by atoms with E-state index in [-0.39, 0.29) is 5.91 Å². The normalized spacial score (nSPS) is 10.7. The molecule has 0 fully saturated rings. The van der Waals surface area contributed by atoms with Crippen molar-refractivity contribution in [3.8, 4) is 0 Å². The van der Waals surface area contributed by atoms with Crippen LogP contribution in [0.2, 0.25) is 0 Å². The van der Waals surface area contributed by atoms with Gasteiger partial charge >= 0.3 is 0 Å². The summed E-state index contributed by atoms with van der Waals surface area (Å²) < 4.78 is 1.63. The van der Waals surface area contributed by atoms with Gasteiger partial charge < -0.3 is 11.1 Å². The molecule has 20 heavy (non-hydrogen) atoms. The number of halogens is 2. The van der Waals surface area contributed by atoms with E-state index in [1.54, 1.807) is 18.2 Å². The van der Waals surface area contributed by atoms with Crippen molar-refractivity contribution in [3.05, 3.63) is 63.0 Å². The first-order chi connectivity index (χ1) is 9.56. The molecule has 0 saturated carbocycles. The fourth-order valence-corrected chi connectivity index (χ4v) is 2.81. The zero-order chi connectivity index (χ0) is 14.5. The van der Waals surface area contributed by atoms with Crippen molar-refractivity contribution in [3.63, 3.8) is 0 Å². The molecule has 0 saturated heterocycles. The maximum Gasteiger partial charge on any atom is 0.248 e. The van der Waals surface area contributed by atoms with Gasteiger partial charge in [0.2, 0.25) is 5.91 Å². The van der Waals surface area contributed by atoms with Crippen molar-refractivity contribution < 1.29 is 4.79 Å². The van der Waals surface area contributed by atoms with Crippen LogP contribution in [-0.4, -0.2) is 5.91 Å². The molecular weight excluding hydrogens is 384 g/mol. The predicted molar refractivity (Wildman–Crippen MR) is 90.4 cm³/mol. The summed E-state index contributed by atoms with van der Waals surface area (Å²) in [4.78, 5) is 11.9. The summed E-state index contributed by atoms with van der Waals surface area (Å²) in [6, 6.07) is 12.9. The molecular formula is C15H12Br2N2O. The third kappa shape index (κ3) is 3.95. The first-order valence-electron chi connectivity index (χ1n) is 5.85. The summed E-state index contributed by atoms with van der Waals surface area (Å²) in [7, 11) is 0. The fourth-order valence-electron chi connectivity index (χ4n) is 1.62. The highest BCUT2D eigenvalue weighted by Gasteiger charge is 2.06. The molecule has 0 aromatic heterocycles. The van der Waals surface area contributed by atoms with Crippen LogP contribution < -0.4 is 11.1 Å². The van der Waals surface area contributed by atoms with Gasteiger partial charge in [0, 0.05) is 20.7 Å². The van der Waals surface area contributed by atoms with Gasteiger partial charge in [-0.1, -0.05) is 18.2 Å².